The van der Waals surface area contributed by atoms with Crippen LogP contribution in [0.5, 0.6) is 5.75 Å². The first-order valence-corrected chi connectivity index (χ1v) is 10.7. The van der Waals surface area contributed by atoms with Crippen molar-refractivity contribution in [1.29, 1.82) is 0 Å². The lowest BCUT2D eigenvalue weighted by Gasteiger charge is -2.11. The quantitative estimate of drug-likeness (QED) is 0.376. The molecule has 5 rings (SSSR count). The van der Waals surface area contributed by atoms with Crippen molar-refractivity contribution >= 4 is 27.9 Å². The zero-order chi connectivity index (χ0) is 21.2. The Kier molecular flexibility index (Phi) is 4.98. The van der Waals surface area contributed by atoms with Gasteiger partial charge in [-0.15, -0.1) is 11.3 Å². The summed E-state index contributed by atoms with van der Waals surface area (Å²) in [7, 11) is 1.64. The van der Waals surface area contributed by atoms with Crippen LogP contribution in [0, 0.1) is 0 Å². The number of imidazole rings is 1. The van der Waals surface area contributed by atoms with E-state index >= 15 is 0 Å². The fraction of sp³-hybridized carbons (Fsp3) is 0.0400. The third-order valence-electron chi connectivity index (χ3n) is 5.09. The molecule has 0 aliphatic heterocycles. The van der Waals surface area contributed by atoms with Gasteiger partial charge in [-0.05, 0) is 35.9 Å². The highest BCUT2D eigenvalue weighted by Crippen LogP contribution is 2.29. The molecule has 2 aromatic heterocycles. The molecule has 31 heavy (non-hydrogen) atoms. The Bertz CT molecular complexity index is 1350. The minimum Gasteiger partial charge on any atom is -0.497 e. The molecule has 0 atom stereocenters. The van der Waals surface area contributed by atoms with E-state index in [0.717, 1.165) is 38.8 Å². The van der Waals surface area contributed by atoms with Gasteiger partial charge in [-0.3, -0.25) is 9.20 Å². The van der Waals surface area contributed by atoms with Crippen LogP contribution in [0.25, 0.3) is 27.3 Å². The molecule has 0 saturated heterocycles. The van der Waals surface area contributed by atoms with Crippen LogP contribution < -0.4 is 10.1 Å². The average molecular weight is 426 g/mol. The lowest BCUT2D eigenvalue weighted by atomic mass is 10.0. The Hall–Kier alpha value is -3.90. The number of ether oxygens (including phenoxy) is 1. The molecule has 6 heteroatoms. The van der Waals surface area contributed by atoms with Crippen molar-refractivity contribution in [3.63, 3.8) is 0 Å². The van der Waals surface area contributed by atoms with Crippen molar-refractivity contribution in [2.24, 2.45) is 0 Å². The molecule has 3 aromatic carbocycles. The highest BCUT2D eigenvalue weighted by molar-refractivity contribution is 7.15. The number of hydrogen-bond acceptors (Lipinski definition) is 4. The van der Waals surface area contributed by atoms with E-state index < -0.39 is 0 Å². The SMILES string of the molecule is COc1ccc(-c2cn3c(C(=O)Nc4ccccc4-c4ccccc4)csc3n2)cc1. The third kappa shape index (κ3) is 3.69. The largest absolute Gasteiger partial charge is 0.497 e. The topological polar surface area (TPSA) is 55.6 Å². The van der Waals surface area contributed by atoms with E-state index in [-0.39, 0.29) is 5.91 Å². The van der Waals surface area contributed by atoms with Gasteiger partial charge in [0, 0.05) is 28.4 Å². The number of aromatic nitrogens is 2. The average Bonchev–Trinajstić information content (AvgIpc) is 3.41. The number of anilines is 1. The van der Waals surface area contributed by atoms with E-state index in [4.69, 9.17) is 4.74 Å². The molecule has 0 radical (unpaired) electrons. The van der Waals surface area contributed by atoms with Gasteiger partial charge in [0.2, 0.25) is 0 Å². The van der Waals surface area contributed by atoms with Crippen LogP contribution >= 0.6 is 11.3 Å². The third-order valence-corrected chi connectivity index (χ3v) is 5.93. The van der Waals surface area contributed by atoms with E-state index in [2.05, 4.69) is 10.3 Å². The molecule has 1 amide bonds. The molecule has 5 aromatic rings. The number of carbonyl (C=O) groups excluding carboxylic acids is 1. The van der Waals surface area contributed by atoms with Crippen LogP contribution in [0.15, 0.2) is 90.4 Å². The summed E-state index contributed by atoms with van der Waals surface area (Å²) in [6, 6.07) is 25.6. The number of thiazole rings is 1. The van der Waals surface area contributed by atoms with Gasteiger partial charge in [-0.25, -0.2) is 4.98 Å². The minimum atomic E-state index is -0.173. The van der Waals surface area contributed by atoms with Crippen LogP contribution in [0.3, 0.4) is 0 Å². The van der Waals surface area contributed by atoms with Gasteiger partial charge in [0.05, 0.1) is 12.8 Å². The first-order chi connectivity index (χ1) is 15.2. The first-order valence-electron chi connectivity index (χ1n) is 9.80. The summed E-state index contributed by atoms with van der Waals surface area (Å²) in [5, 5.41) is 4.90. The van der Waals surface area contributed by atoms with Crippen LogP contribution in [0.4, 0.5) is 5.69 Å². The maximum Gasteiger partial charge on any atom is 0.273 e. The molecule has 0 bridgehead atoms. The number of fused-ring (bicyclic) bond motifs is 1. The van der Waals surface area contributed by atoms with Crippen molar-refractivity contribution in [3.8, 4) is 28.1 Å². The number of nitrogens with zero attached hydrogens (tertiary/aromatic N) is 2. The van der Waals surface area contributed by atoms with Crippen LogP contribution in [0.1, 0.15) is 10.5 Å². The lowest BCUT2D eigenvalue weighted by molar-refractivity contribution is 0.102. The zero-order valence-electron chi connectivity index (χ0n) is 16.8. The van der Waals surface area contributed by atoms with E-state index in [1.165, 1.54) is 11.3 Å². The van der Waals surface area contributed by atoms with Gasteiger partial charge in [-0.2, -0.15) is 0 Å². The number of benzene rings is 3. The number of methoxy groups -OCH3 is 1. The second-order valence-electron chi connectivity index (χ2n) is 6.99. The van der Waals surface area contributed by atoms with Gasteiger partial charge < -0.3 is 10.1 Å². The van der Waals surface area contributed by atoms with E-state index in [1.54, 1.807) is 7.11 Å². The van der Waals surface area contributed by atoms with E-state index in [1.807, 2.05) is 94.8 Å². The maximum atomic E-state index is 13.1. The number of amides is 1. The Morgan fingerprint density at radius 2 is 1.68 bits per heavy atom. The first kappa shape index (κ1) is 19.1. The van der Waals surface area contributed by atoms with Crippen LogP contribution in [0.2, 0.25) is 0 Å². The molecule has 0 aliphatic rings. The summed E-state index contributed by atoms with van der Waals surface area (Å²) >= 11 is 1.44. The van der Waals surface area contributed by atoms with Crippen LogP contribution in [-0.2, 0) is 0 Å². The van der Waals surface area contributed by atoms with Crippen LogP contribution in [-0.4, -0.2) is 22.4 Å². The molecule has 0 spiro atoms. The molecule has 1 N–H and O–H groups in total. The molecule has 2 heterocycles. The molecule has 152 valence electrons. The summed E-state index contributed by atoms with van der Waals surface area (Å²) in [4.78, 5) is 18.6. The summed E-state index contributed by atoms with van der Waals surface area (Å²) in [6.45, 7) is 0. The molecule has 0 aliphatic carbocycles. The number of para-hydroxylation sites is 1. The van der Waals surface area contributed by atoms with E-state index in [0.29, 0.717) is 5.69 Å². The number of hydrogen-bond donors (Lipinski definition) is 1. The van der Waals surface area contributed by atoms with Gasteiger partial charge in [0.15, 0.2) is 4.96 Å². The summed E-state index contributed by atoms with van der Waals surface area (Å²) < 4.78 is 7.06. The maximum absolute atomic E-state index is 13.1. The second-order valence-corrected chi connectivity index (χ2v) is 7.83. The molecule has 0 saturated carbocycles. The summed E-state index contributed by atoms with van der Waals surface area (Å²) in [6.07, 6.45) is 1.89. The predicted octanol–water partition coefficient (Wildman–Crippen LogP) is 5.99. The Morgan fingerprint density at radius 3 is 2.45 bits per heavy atom. The fourth-order valence-electron chi connectivity index (χ4n) is 3.50. The number of carbonyl (C=O) groups is 1. The molecule has 0 fully saturated rings. The van der Waals surface area contributed by atoms with Gasteiger partial charge in [0.1, 0.15) is 11.4 Å². The minimum absolute atomic E-state index is 0.173. The second kappa shape index (κ2) is 8.08. The monoisotopic (exact) mass is 425 g/mol. The highest BCUT2D eigenvalue weighted by Gasteiger charge is 2.17. The van der Waals surface area contributed by atoms with Gasteiger partial charge in [-0.1, -0.05) is 48.5 Å². The zero-order valence-corrected chi connectivity index (χ0v) is 17.6. The van der Waals surface area contributed by atoms with Gasteiger partial charge >= 0.3 is 0 Å². The van der Waals surface area contributed by atoms with Crippen molar-refractivity contribution in [1.82, 2.24) is 9.38 Å². The standard InChI is InChI=1S/C25H19N3O2S/c1-30-19-13-11-18(12-14-19)22-15-28-23(16-31-25(28)27-22)24(29)26-21-10-6-5-9-20(21)17-7-3-2-4-8-17/h2-16H,1H3,(H,26,29). The Morgan fingerprint density at radius 1 is 0.935 bits per heavy atom. The summed E-state index contributed by atoms with van der Waals surface area (Å²) in [5.41, 5.74) is 5.14. The molecular formula is C25H19N3O2S. The molecular weight excluding hydrogens is 406 g/mol. The number of nitrogens with one attached hydrogen (secondary N) is 1. The van der Waals surface area contributed by atoms with Crippen molar-refractivity contribution in [3.05, 3.63) is 96.1 Å². The normalized spacial score (nSPS) is 10.9. The van der Waals surface area contributed by atoms with Crippen molar-refractivity contribution in [2.45, 2.75) is 0 Å². The molecule has 5 nitrogen and oxygen atoms in total. The Labute approximate surface area is 183 Å². The van der Waals surface area contributed by atoms with E-state index in [9.17, 15) is 4.79 Å². The van der Waals surface area contributed by atoms with Gasteiger partial charge in [0.25, 0.3) is 5.91 Å². The highest BCUT2D eigenvalue weighted by atomic mass is 32.1. The fourth-order valence-corrected chi connectivity index (χ4v) is 4.35. The smallest absolute Gasteiger partial charge is 0.273 e. The summed E-state index contributed by atoms with van der Waals surface area (Å²) in [5.74, 6) is 0.621. The number of rotatable bonds is 5. The van der Waals surface area contributed by atoms with Crippen molar-refractivity contribution in [2.75, 3.05) is 12.4 Å². The Balaban J connectivity index is 1.45. The van der Waals surface area contributed by atoms with Crippen molar-refractivity contribution < 1.29 is 9.53 Å². The predicted molar refractivity (Wildman–Crippen MR) is 125 cm³/mol. The molecule has 0 unspecified atom stereocenters. The lowest BCUT2D eigenvalue weighted by Crippen LogP contribution is -2.14.